The van der Waals surface area contributed by atoms with Crippen LogP contribution in [0.3, 0.4) is 0 Å². The molecule has 31 heavy (non-hydrogen) atoms. The highest BCUT2D eigenvalue weighted by molar-refractivity contribution is 5.94. The Hall–Kier alpha value is -3.55. The van der Waals surface area contributed by atoms with E-state index in [0.29, 0.717) is 42.8 Å². The zero-order valence-corrected chi connectivity index (χ0v) is 17.5. The Morgan fingerprint density at radius 1 is 0.935 bits per heavy atom. The van der Waals surface area contributed by atoms with E-state index in [4.69, 9.17) is 4.74 Å². The first kappa shape index (κ1) is 20.7. The topological polar surface area (TPSA) is 75.6 Å². The lowest BCUT2D eigenvalue weighted by atomic mass is 10.2. The van der Waals surface area contributed by atoms with Gasteiger partial charge in [-0.2, -0.15) is 0 Å². The van der Waals surface area contributed by atoms with E-state index in [1.807, 2.05) is 13.8 Å². The number of carbonyl (C=O) groups excluding carboxylic acids is 2. The Bertz CT molecular complexity index is 1130. The molecule has 1 aromatic heterocycles. The molecule has 1 fully saturated rings. The molecule has 2 heterocycles. The van der Waals surface area contributed by atoms with Gasteiger partial charge in [0.25, 0.3) is 5.91 Å². The van der Waals surface area contributed by atoms with Crippen LogP contribution in [-0.2, 0) is 9.53 Å². The van der Waals surface area contributed by atoms with Crippen molar-refractivity contribution in [3.05, 3.63) is 65.2 Å². The molecule has 0 bridgehead atoms. The number of rotatable bonds is 4. The number of aryl methyl sites for hydroxylation is 2. The van der Waals surface area contributed by atoms with Gasteiger partial charge >= 0.3 is 5.97 Å². The quantitative estimate of drug-likeness (QED) is 0.602. The lowest BCUT2D eigenvalue weighted by molar-refractivity contribution is -0.134. The van der Waals surface area contributed by atoms with Crippen LogP contribution in [0.15, 0.2) is 42.5 Å². The second kappa shape index (κ2) is 8.67. The van der Waals surface area contributed by atoms with Crippen molar-refractivity contribution in [2.45, 2.75) is 13.8 Å². The lowest BCUT2D eigenvalue weighted by Crippen LogP contribution is -2.49. The molecule has 0 atom stereocenters. The number of carbonyl (C=O) groups is 2. The van der Waals surface area contributed by atoms with Crippen LogP contribution in [0.2, 0.25) is 0 Å². The molecule has 3 aromatic rings. The molecule has 8 heteroatoms. The average Bonchev–Trinajstić information content (AvgIpc) is 2.78. The van der Waals surface area contributed by atoms with E-state index in [1.165, 1.54) is 12.1 Å². The molecule has 1 aliphatic rings. The number of amides is 1. The van der Waals surface area contributed by atoms with Crippen molar-refractivity contribution < 1.29 is 18.7 Å². The largest absolute Gasteiger partial charge is 0.452 e. The normalized spacial score (nSPS) is 14.0. The van der Waals surface area contributed by atoms with E-state index in [-0.39, 0.29) is 18.3 Å². The molecule has 0 saturated carbocycles. The van der Waals surface area contributed by atoms with Gasteiger partial charge in [0.05, 0.1) is 28.0 Å². The fourth-order valence-electron chi connectivity index (χ4n) is 3.53. The Kier molecular flexibility index (Phi) is 5.79. The molecule has 1 saturated heterocycles. The van der Waals surface area contributed by atoms with Gasteiger partial charge in [-0.1, -0.05) is 0 Å². The summed E-state index contributed by atoms with van der Waals surface area (Å²) < 4.78 is 18.3. The van der Waals surface area contributed by atoms with Crippen LogP contribution >= 0.6 is 0 Å². The van der Waals surface area contributed by atoms with Crippen LogP contribution < -0.4 is 4.90 Å². The van der Waals surface area contributed by atoms with Gasteiger partial charge in [-0.3, -0.25) is 4.79 Å². The Labute approximate surface area is 179 Å². The lowest BCUT2D eigenvalue weighted by Gasteiger charge is -2.36. The second-order valence-electron chi connectivity index (χ2n) is 7.52. The highest BCUT2D eigenvalue weighted by Crippen LogP contribution is 2.18. The van der Waals surface area contributed by atoms with Crippen LogP contribution in [0, 0.1) is 19.7 Å². The summed E-state index contributed by atoms with van der Waals surface area (Å²) in [5, 5.41) is 0. The first-order chi connectivity index (χ1) is 14.9. The summed E-state index contributed by atoms with van der Waals surface area (Å²) in [6.45, 7) is 5.72. The summed E-state index contributed by atoms with van der Waals surface area (Å²) in [4.78, 5) is 37.5. The molecule has 0 N–H and O–H groups in total. The molecule has 0 radical (unpaired) electrons. The number of hydrogen-bond acceptors (Lipinski definition) is 6. The van der Waals surface area contributed by atoms with Crippen molar-refractivity contribution in [2.24, 2.45) is 0 Å². The van der Waals surface area contributed by atoms with Gasteiger partial charge in [0, 0.05) is 31.9 Å². The van der Waals surface area contributed by atoms with Crippen molar-refractivity contribution in [1.82, 2.24) is 14.9 Å². The third kappa shape index (κ3) is 4.63. The zero-order valence-electron chi connectivity index (χ0n) is 17.5. The van der Waals surface area contributed by atoms with Crippen molar-refractivity contribution in [3.63, 3.8) is 0 Å². The van der Waals surface area contributed by atoms with E-state index in [0.717, 1.165) is 17.1 Å². The Balaban J connectivity index is 1.31. The van der Waals surface area contributed by atoms with E-state index in [1.54, 1.807) is 35.2 Å². The minimum absolute atomic E-state index is 0.237. The molecule has 2 aromatic carbocycles. The summed E-state index contributed by atoms with van der Waals surface area (Å²) in [5.41, 5.74) is 4.21. The average molecular weight is 422 g/mol. The molecule has 0 aliphatic carbocycles. The van der Waals surface area contributed by atoms with Gasteiger partial charge in [0.15, 0.2) is 6.61 Å². The van der Waals surface area contributed by atoms with Gasteiger partial charge in [-0.25, -0.2) is 19.2 Å². The molecule has 7 nitrogen and oxygen atoms in total. The Morgan fingerprint density at radius 2 is 1.58 bits per heavy atom. The highest BCUT2D eigenvalue weighted by Gasteiger charge is 2.22. The zero-order chi connectivity index (χ0) is 22.0. The number of nitrogens with zero attached hydrogens (tertiary/aromatic N) is 4. The number of fused-ring (bicyclic) bond motifs is 1. The molecule has 0 unspecified atom stereocenters. The first-order valence-electron chi connectivity index (χ1n) is 10.1. The van der Waals surface area contributed by atoms with Crippen LogP contribution in [0.25, 0.3) is 11.0 Å². The third-order valence-corrected chi connectivity index (χ3v) is 5.46. The second-order valence-corrected chi connectivity index (χ2v) is 7.52. The maximum atomic E-state index is 13.1. The molecule has 1 amide bonds. The highest BCUT2D eigenvalue weighted by atomic mass is 19.1. The van der Waals surface area contributed by atoms with Crippen LogP contribution in [0.5, 0.6) is 0 Å². The van der Waals surface area contributed by atoms with Crippen LogP contribution in [-0.4, -0.2) is 59.5 Å². The molecular weight excluding hydrogens is 399 g/mol. The van der Waals surface area contributed by atoms with E-state index in [2.05, 4.69) is 14.9 Å². The van der Waals surface area contributed by atoms with E-state index in [9.17, 15) is 14.0 Å². The van der Waals surface area contributed by atoms with Crippen molar-refractivity contribution in [1.29, 1.82) is 0 Å². The third-order valence-electron chi connectivity index (χ3n) is 5.46. The molecule has 1 aliphatic heterocycles. The minimum atomic E-state index is -0.569. The van der Waals surface area contributed by atoms with Gasteiger partial charge in [0.1, 0.15) is 5.82 Å². The standard InChI is InChI=1S/C23H23FN4O3/c1-15-16(2)26-21-13-17(3-8-20(21)25-15)23(30)31-14-22(29)28-11-9-27(10-12-28)19-6-4-18(24)5-7-19/h3-8,13H,9-12,14H2,1-2H3. The summed E-state index contributed by atoms with van der Waals surface area (Å²) in [7, 11) is 0. The number of piperazine rings is 1. The molecular formula is C23H23FN4O3. The van der Waals surface area contributed by atoms with E-state index >= 15 is 0 Å². The molecule has 0 spiro atoms. The fourth-order valence-corrected chi connectivity index (χ4v) is 3.53. The Morgan fingerprint density at radius 3 is 2.26 bits per heavy atom. The fraction of sp³-hybridized carbons (Fsp3) is 0.304. The summed E-state index contributed by atoms with van der Waals surface area (Å²) in [6, 6.07) is 11.3. The monoisotopic (exact) mass is 422 g/mol. The van der Waals surface area contributed by atoms with Crippen LogP contribution in [0.1, 0.15) is 21.7 Å². The maximum absolute atomic E-state index is 13.1. The number of esters is 1. The number of halogens is 1. The number of aromatic nitrogens is 2. The van der Waals surface area contributed by atoms with Gasteiger partial charge < -0.3 is 14.5 Å². The summed E-state index contributed by atoms with van der Waals surface area (Å²) in [5.74, 6) is -1.08. The summed E-state index contributed by atoms with van der Waals surface area (Å²) in [6.07, 6.45) is 0. The predicted molar refractivity (Wildman–Crippen MR) is 114 cm³/mol. The van der Waals surface area contributed by atoms with Crippen LogP contribution in [0.4, 0.5) is 10.1 Å². The van der Waals surface area contributed by atoms with Crippen molar-refractivity contribution in [2.75, 3.05) is 37.7 Å². The minimum Gasteiger partial charge on any atom is -0.452 e. The molecule has 160 valence electrons. The van der Waals surface area contributed by atoms with E-state index < -0.39 is 5.97 Å². The van der Waals surface area contributed by atoms with Gasteiger partial charge in [-0.05, 0) is 56.3 Å². The first-order valence-corrected chi connectivity index (χ1v) is 10.1. The SMILES string of the molecule is Cc1nc2ccc(C(=O)OCC(=O)N3CCN(c4ccc(F)cc4)CC3)cc2nc1C. The smallest absolute Gasteiger partial charge is 0.338 e. The number of benzene rings is 2. The maximum Gasteiger partial charge on any atom is 0.338 e. The van der Waals surface area contributed by atoms with Crippen molar-refractivity contribution in [3.8, 4) is 0 Å². The number of anilines is 1. The molecule has 4 rings (SSSR count). The number of hydrogen-bond donors (Lipinski definition) is 0. The number of ether oxygens (including phenoxy) is 1. The van der Waals surface area contributed by atoms with Gasteiger partial charge in [-0.15, -0.1) is 0 Å². The van der Waals surface area contributed by atoms with Gasteiger partial charge in [0.2, 0.25) is 0 Å². The predicted octanol–water partition coefficient (Wildman–Crippen LogP) is 2.89. The van der Waals surface area contributed by atoms with Crippen molar-refractivity contribution >= 4 is 28.6 Å². The summed E-state index contributed by atoms with van der Waals surface area (Å²) >= 11 is 0.